The van der Waals surface area contributed by atoms with E-state index in [9.17, 15) is 15.0 Å². The van der Waals surface area contributed by atoms with E-state index in [0.29, 0.717) is 0 Å². The SMILES string of the molecule is O=c1[nH]cnc2n[nH]c(C(O)C(O)CS)c12. The normalized spacial score (nSPS) is 15.2. The van der Waals surface area contributed by atoms with Gasteiger partial charge in [-0.1, -0.05) is 0 Å². The van der Waals surface area contributed by atoms with Gasteiger partial charge in [-0.15, -0.1) is 0 Å². The largest absolute Gasteiger partial charge is 0.389 e. The number of nitrogens with one attached hydrogen (secondary N) is 2. The maximum absolute atomic E-state index is 11.5. The van der Waals surface area contributed by atoms with Crippen molar-refractivity contribution in [2.24, 2.45) is 0 Å². The Hall–Kier alpha value is -1.38. The van der Waals surface area contributed by atoms with Crippen LogP contribution in [0.5, 0.6) is 0 Å². The summed E-state index contributed by atoms with van der Waals surface area (Å²) in [6, 6.07) is 0. The molecule has 16 heavy (non-hydrogen) atoms. The van der Waals surface area contributed by atoms with E-state index >= 15 is 0 Å². The highest BCUT2D eigenvalue weighted by atomic mass is 32.1. The van der Waals surface area contributed by atoms with Gasteiger partial charge >= 0.3 is 0 Å². The van der Waals surface area contributed by atoms with Gasteiger partial charge in [-0.05, 0) is 0 Å². The molecule has 0 aliphatic rings. The van der Waals surface area contributed by atoms with Gasteiger partial charge in [0.2, 0.25) is 0 Å². The Bertz CT molecular complexity index is 551. The van der Waals surface area contributed by atoms with Gasteiger partial charge in [0.1, 0.15) is 11.5 Å². The second-order valence-electron chi connectivity index (χ2n) is 3.26. The van der Waals surface area contributed by atoms with Crippen molar-refractivity contribution in [3.8, 4) is 0 Å². The maximum atomic E-state index is 11.5. The minimum atomic E-state index is -1.24. The third-order valence-electron chi connectivity index (χ3n) is 2.23. The zero-order valence-electron chi connectivity index (χ0n) is 8.08. The molecule has 0 radical (unpaired) electrons. The lowest BCUT2D eigenvalue weighted by Gasteiger charge is -2.13. The number of hydrogen-bond donors (Lipinski definition) is 5. The molecule has 2 aromatic rings. The number of thiol groups is 1. The van der Waals surface area contributed by atoms with Crippen LogP contribution >= 0.6 is 12.6 Å². The summed E-state index contributed by atoms with van der Waals surface area (Å²) in [5, 5.41) is 25.6. The Balaban J connectivity index is 2.57. The van der Waals surface area contributed by atoms with Crippen LogP contribution in [0.4, 0.5) is 0 Å². The van der Waals surface area contributed by atoms with Crippen LogP contribution in [-0.4, -0.2) is 42.2 Å². The molecule has 0 fully saturated rings. The van der Waals surface area contributed by atoms with Gasteiger partial charge in [-0.25, -0.2) is 4.98 Å². The molecule has 0 spiro atoms. The lowest BCUT2D eigenvalue weighted by atomic mass is 10.1. The highest BCUT2D eigenvalue weighted by molar-refractivity contribution is 7.80. The average Bonchev–Trinajstić information content (AvgIpc) is 2.72. The van der Waals surface area contributed by atoms with E-state index in [1.165, 1.54) is 6.33 Å². The van der Waals surface area contributed by atoms with Crippen LogP contribution in [0, 0.1) is 0 Å². The van der Waals surface area contributed by atoms with Gasteiger partial charge in [0, 0.05) is 5.75 Å². The van der Waals surface area contributed by atoms with Gasteiger partial charge in [0.15, 0.2) is 5.65 Å². The second-order valence-corrected chi connectivity index (χ2v) is 3.63. The molecule has 2 atom stereocenters. The number of aromatic amines is 2. The summed E-state index contributed by atoms with van der Waals surface area (Å²) >= 11 is 3.86. The number of rotatable bonds is 3. The average molecular weight is 242 g/mol. The summed E-state index contributed by atoms with van der Waals surface area (Å²) in [6.45, 7) is 0. The zero-order chi connectivity index (χ0) is 11.7. The number of aliphatic hydroxyl groups excluding tert-OH is 2. The van der Waals surface area contributed by atoms with Crippen molar-refractivity contribution in [1.29, 1.82) is 0 Å². The van der Waals surface area contributed by atoms with Crippen LogP contribution in [0.3, 0.4) is 0 Å². The third kappa shape index (κ3) is 1.70. The molecule has 0 saturated heterocycles. The second kappa shape index (κ2) is 4.24. The Morgan fingerprint density at radius 2 is 2.25 bits per heavy atom. The minimum absolute atomic E-state index is 0.0693. The quantitative estimate of drug-likeness (QED) is 0.441. The lowest BCUT2D eigenvalue weighted by Crippen LogP contribution is -2.21. The molecule has 0 aliphatic heterocycles. The first kappa shape index (κ1) is 11.1. The zero-order valence-corrected chi connectivity index (χ0v) is 8.98. The van der Waals surface area contributed by atoms with Crippen molar-refractivity contribution >= 4 is 23.7 Å². The number of fused-ring (bicyclic) bond motifs is 1. The molecule has 2 rings (SSSR count). The maximum Gasteiger partial charge on any atom is 0.262 e. The molecular formula is C8H10N4O3S. The van der Waals surface area contributed by atoms with Crippen molar-refractivity contribution in [3.63, 3.8) is 0 Å². The van der Waals surface area contributed by atoms with Crippen molar-refractivity contribution in [1.82, 2.24) is 20.2 Å². The first-order chi connectivity index (χ1) is 7.65. The molecule has 0 amide bonds. The van der Waals surface area contributed by atoms with E-state index in [4.69, 9.17) is 0 Å². The topological polar surface area (TPSA) is 115 Å². The van der Waals surface area contributed by atoms with E-state index in [1.54, 1.807) is 0 Å². The Morgan fingerprint density at radius 1 is 1.50 bits per heavy atom. The van der Waals surface area contributed by atoms with Crippen LogP contribution in [0.15, 0.2) is 11.1 Å². The third-order valence-corrected chi connectivity index (χ3v) is 2.61. The molecule has 4 N–H and O–H groups in total. The number of hydrogen-bond acceptors (Lipinski definition) is 6. The summed E-state index contributed by atoms with van der Waals surface area (Å²) in [5.74, 6) is 0.0693. The van der Waals surface area contributed by atoms with Gasteiger partial charge in [-0.3, -0.25) is 9.89 Å². The molecule has 0 aliphatic carbocycles. The van der Waals surface area contributed by atoms with Crippen molar-refractivity contribution in [3.05, 3.63) is 22.4 Å². The highest BCUT2D eigenvalue weighted by Crippen LogP contribution is 2.20. The van der Waals surface area contributed by atoms with Crippen LogP contribution in [0.25, 0.3) is 11.0 Å². The monoisotopic (exact) mass is 242 g/mol. The van der Waals surface area contributed by atoms with Crippen LogP contribution in [0.2, 0.25) is 0 Å². The first-order valence-electron chi connectivity index (χ1n) is 4.53. The first-order valence-corrected chi connectivity index (χ1v) is 5.17. The summed E-state index contributed by atoms with van der Waals surface area (Å²) < 4.78 is 0. The summed E-state index contributed by atoms with van der Waals surface area (Å²) in [7, 11) is 0. The summed E-state index contributed by atoms with van der Waals surface area (Å²) in [5.41, 5.74) is -0.0748. The van der Waals surface area contributed by atoms with E-state index in [-0.39, 0.29) is 22.5 Å². The van der Waals surface area contributed by atoms with E-state index < -0.39 is 17.8 Å². The van der Waals surface area contributed by atoms with Gasteiger partial charge < -0.3 is 15.2 Å². The van der Waals surface area contributed by atoms with Crippen molar-refractivity contribution < 1.29 is 10.2 Å². The Morgan fingerprint density at radius 3 is 2.94 bits per heavy atom. The number of H-pyrrole nitrogens is 2. The highest BCUT2D eigenvalue weighted by Gasteiger charge is 2.23. The number of aromatic nitrogens is 4. The van der Waals surface area contributed by atoms with Gasteiger partial charge in [-0.2, -0.15) is 17.7 Å². The summed E-state index contributed by atoms with van der Waals surface area (Å²) in [6.07, 6.45) is -1.10. The van der Waals surface area contributed by atoms with E-state index in [1.807, 2.05) is 0 Å². The lowest BCUT2D eigenvalue weighted by molar-refractivity contribution is 0.0318. The molecule has 8 heteroatoms. The Labute approximate surface area is 94.9 Å². The standard InChI is InChI=1S/C8H10N4O3S/c13-3(1-16)6(14)5-4-7(12-11-5)9-2-10-8(4)15/h2-3,6,13-14,16H,1H2,(H2,9,10,11,12,15). The van der Waals surface area contributed by atoms with Crippen LogP contribution in [-0.2, 0) is 0 Å². The Kier molecular flexibility index (Phi) is 2.95. The molecule has 7 nitrogen and oxygen atoms in total. The fourth-order valence-electron chi connectivity index (χ4n) is 1.39. The predicted molar refractivity (Wildman–Crippen MR) is 59.3 cm³/mol. The summed E-state index contributed by atoms with van der Waals surface area (Å²) in [4.78, 5) is 17.7. The molecule has 86 valence electrons. The van der Waals surface area contributed by atoms with Crippen LogP contribution < -0.4 is 5.56 Å². The van der Waals surface area contributed by atoms with Gasteiger partial charge in [0.25, 0.3) is 5.56 Å². The molecule has 0 aromatic carbocycles. The smallest absolute Gasteiger partial charge is 0.262 e. The number of nitrogens with zero attached hydrogens (tertiary/aromatic N) is 2. The van der Waals surface area contributed by atoms with Crippen molar-refractivity contribution in [2.75, 3.05) is 5.75 Å². The number of aliphatic hydroxyl groups is 2. The van der Waals surface area contributed by atoms with Crippen molar-refractivity contribution in [2.45, 2.75) is 12.2 Å². The molecule has 2 unspecified atom stereocenters. The predicted octanol–water partition coefficient (Wildman–Crippen LogP) is -1.03. The molecule has 0 bridgehead atoms. The molecular weight excluding hydrogens is 232 g/mol. The molecule has 0 saturated carbocycles. The fourth-order valence-corrected chi connectivity index (χ4v) is 1.59. The fraction of sp³-hybridized carbons (Fsp3) is 0.375. The van der Waals surface area contributed by atoms with E-state index in [2.05, 4.69) is 32.8 Å². The molecule has 2 heterocycles. The van der Waals surface area contributed by atoms with E-state index in [0.717, 1.165) is 0 Å². The van der Waals surface area contributed by atoms with Crippen LogP contribution in [0.1, 0.15) is 11.8 Å². The minimum Gasteiger partial charge on any atom is -0.389 e. The molecule has 2 aromatic heterocycles. The van der Waals surface area contributed by atoms with Gasteiger partial charge in [0.05, 0.1) is 18.1 Å².